The van der Waals surface area contributed by atoms with Gasteiger partial charge in [-0.05, 0) is 34.1 Å². The third-order valence-electron chi connectivity index (χ3n) is 2.76. The number of rotatable bonds is 9. The predicted molar refractivity (Wildman–Crippen MR) is 72.0 cm³/mol. The van der Waals surface area contributed by atoms with Crippen molar-refractivity contribution in [1.82, 2.24) is 14.7 Å². The lowest BCUT2D eigenvalue weighted by Gasteiger charge is -2.21. The maximum Gasteiger partial charge on any atom is 0.223 e. The average Bonchev–Trinajstić information content (AvgIpc) is 2.30. The summed E-state index contributed by atoms with van der Waals surface area (Å²) in [7, 11) is 8.01. The highest BCUT2D eigenvalue weighted by Crippen LogP contribution is 1.95. The van der Waals surface area contributed by atoms with Gasteiger partial charge in [-0.25, -0.2) is 0 Å². The van der Waals surface area contributed by atoms with E-state index in [2.05, 4.69) is 30.9 Å². The van der Waals surface area contributed by atoms with E-state index in [-0.39, 0.29) is 5.91 Å². The Morgan fingerprint density at radius 3 is 2.18 bits per heavy atom. The van der Waals surface area contributed by atoms with Crippen LogP contribution in [0.15, 0.2) is 0 Å². The molecule has 0 aromatic carbocycles. The summed E-state index contributed by atoms with van der Waals surface area (Å²) in [5.74, 6) is 0.204. The zero-order valence-corrected chi connectivity index (χ0v) is 11.8. The summed E-state index contributed by atoms with van der Waals surface area (Å²) in [6.07, 6.45) is 1.46. The third kappa shape index (κ3) is 9.09. The van der Waals surface area contributed by atoms with E-state index in [1.165, 1.54) is 0 Å². The second-order valence-corrected chi connectivity index (χ2v) is 4.81. The number of carbonyl (C=O) groups excluding carboxylic acids is 1. The second-order valence-electron chi connectivity index (χ2n) is 4.81. The molecule has 0 unspecified atom stereocenters. The van der Waals surface area contributed by atoms with Gasteiger partial charge in [-0.3, -0.25) is 4.79 Å². The van der Waals surface area contributed by atoms with Gasteiger partial charge in [-0.15, -0.1) is 0 Å². The minimum atomic E-state index is 0.204. The van der Waals surface area contributed by atoms with Crippen molar-refractivity contribution in [3.63, 3.8) is 0 Å². The van der Waals surface area contributed by atoms with Gasteiger partial charge in [0.15, 0.2) is 0 Å². The van der Waals surface area contributed by atoms with Crippen molar-refractivity contribution in [2.45, 2.75) is 12.8 Å². The fourth-order valence-electron chi connectivity index (χ4n) is 1.41. The highest BCUT2D eigenvalue weighted by molar-refractivity contribution is 5.76. The number of hydrogen-bond donors (Lipinski definition) is 1. The lowest BCUT2D eigenvalue weighted by atomic mass is 10.3. The van der Waals surface area contributed by atoms with Crippen molar-refractivity contribution >= 4 is 5.91 Å². The quantitative estimate of drug-likeness (QED) is 0.604. The van der Waals surface area contributed by atoms with Crippen LogP contribution in [0.4, 0.5) is 0 Å². The fourth-order valence-corrected chi connectivity index (χ4v) is 1.41. The Bertz CT molecular complexity index is 209. The van der Waals surface area contributed by atoms with Gasteiger partial charge in [-0.1, -0.05) is 0 Å². The third-order valence-corrected chi connectivity index (χ3v) is 2.76. The van der Waals surface area contributed by atoms with Gasteiger partial charge in [0.05, 0.1) is 0 Å². The molecule has 0 atom stereocenters. The minimum Gasteiger partial charge on any atom is -0.346 e. The van der Waals surface area contributed by atoms with Crippen LogP contribution in [0.25, 0.3) is 0 Å². The summed E-state index contributed by atoms with van der Waals surface area (Å²) in [5, 5.41) is 0. The largest absolute Gasteiger partial charge is 0.346 e. The van der Waals surface area contributed by atoms with E-state index in [4.69, 9.17) is 5.73 Å². The van der Waals surface area contributed by atoms with Gasteiger partial charge >= 0.3 is 0 Å². The van der Waals surface area contributed by atoms with Gasteiger partial charge in [0.25, 0.3) is 0 Å². The molecule has 5 nitrogen and oxygen atoms in total. The summed E-state index contributed by atoms with van der Waals surface area (Å²) in [6, 6.07) is 0. The van der Waals surface area contributed by atoms with Crippen LogP contribution in [0.2, 0.25) is 0 Å². The first kappa shape index (κ1) is 16.4. The van der Waals surface area contributed by atoms with E-state index >= 15 is 0 Å². The van der Waals surface area contributed by atoms with Gasteiger partial charge in [0.2, 0.25) is 5.91 Å². The molecule has 0 saturated carbocycles. The molecule has 0 aromatic heterocycles. The van der Waals surface area contributed by atoms with Crippen molar-refractivity contribution < 1.29 is 4.79 Å². The van der Waals surface area contributed by atoms with E-state index in [1.54, 1.807) is 4.90 Å². The number of hydrogen-bond acceptors (Lipinski definition) is 4. The van der Waals surface area contributed by atoms with E-state index < -0.39 is 0 Å². The fraction of sp³-hybridized carbons (Fsp3) is 0.917. The molecule has 0 rings (SSSR count). The van der Waals surface area contributed by atoms with Gasteiger partial charge in [-0.2, -0.15) is 0 Å². The molecular weight excluding hydrogens is 216 g/mol. The van der Waals surface area contributed by atoms with E-state index in [0.717, 1.165) is 32.6 Å². The average molecular weight is 244 g/mol. The highest BCUT2D eigenvalue weighted by Gasteiger charge is 2.09. The maximum absolute atomic E-state index is 11.7. The van der Waals surface area contributed by atoms with E-state index in [0.29, 0.717) is 13.0 Å². The molecule has 1 amide bonds. The van der Waals surface area contributed by atoms with Crippen molar-refractivity contribution in [1.29, 1.82) is 0 Å². The molecule has 0 fully saturated rings. The van der Waals surface area contributed by atoms with Crippen LogP contribution >= 0.6 is 0 Å². The van der Waals surface area contributed by atoms with Crippen molar-refractivity contribution in [2.24, 2.45) is 5.73 Å². The lowest BCUT2D eigenvalue weighted by molar-refractivity contribution is -0.130. The number of nitrogens with zero attached hydrogens (tertiary/aromatic N) is 3. The summed E-state index contributed by atoms with van der Waals surface area (Å²) >= 11 is 0. The Hall–Kier alpha value is -0.650. The molecule has 102 valence electrons. The molecule has 0 heterocycles. The Morgan fingerprint density at radius 1 is 1.00 bits per heavy atom. The molecule has 0 aliphatic heterocycles. The smallest absolute Gasteiger partial charge is 0.223 e. The summed E-state index contributed by atoms with van der Waals surface area (Å²) in [4.78, 5) is 17.8. The molecule has 17 heavy (non-hydrogen) atoms. The van der Waals surface area contributed by atoms with Gasteiger partial charge in [0.1, 0.15) is 0 Å². The molecule has 0 aromatic rings. The Morgan fingerprint density at radius 2 is 1.65 bits per heavy atom. The Kier molecular flexibility index (Phi) is 9.03. The number of nitrogens with two attached hydrogens (primary N) is 1. The van der Waals surface area contributed by atoms with Crippen molar-refractivity contribution in [3.05, 3.63) is 0 Å². The van der Waals surface area contributed by atoms with E-state index in [1.807, 2.05) is 7.05 Å². The second kappa shape index (κ2) is 9.39. The molecule has 0 aliphatic carbocycles. The molecule has 0 spiro atoms. The molecule has 0 radical (unpaired) electrons. The summed E-state index contributed by atoms with van der Waals surface area (Å²) in [6.45, 7) is 4.23. The first-order valence-corrected chi connectivity index (χ1v) is 6.24. The number of carbonyl (C=O) groups is 1. The summed E-state index contributed by atoms with van der Waals surface area (Å²) in [5.41, 5.74) is 5.42. The molecular formula is C12H28N4O. The maximum atomic E-state index is 11.7. The standard InChI is InChI=1S/C12H28N4O/c1-14(2)10-11-15(3)9-6-12(17)16(4)8-5-7-13/h5-11,13H2,1-4H3. The van der Waals surface area contributed by atoms with Crippen LogP contribution in [0.3, 0.4) is 0 Å². The molecule has 0 saturated heterocycles. The first-order chi connectivity index (χ1) is 7.97. The van der Waals surface area contributed by atoms with Crippen molar-refractivity contribution in [3.8, 4) is 0 Å². The zero-order chi connectivity index (χ0) is 13.3. The minimum absolute atomic E-state index is 0.204. The number of amides is 1. The van der Waals surface area contributed by atoms with Crippen LogP contribution < -0.4 is 5.73 Å². The highest BCUT2D eigenvalue weighted by atomic mass is 16.2. The topological polar surface area (TPSA) is 52.8 Å². The van der Waals surface area contributed by atoms with Crippen LogP contribution in [-0.2, 0) is 4.79 Å². The van der Waals surface area contributed by atoms with Gasteiger partial charge in [0, 0.05) is 39.6 Å². The summed E-state index contributed by atoms with van der Waals surface area (Å²) < 4.78 is 0. The van der Waals surface area contributed by atoms with Crippen LogP contribution in [0.1, 0.15) is 12.8 Å². The number of likely N-dealkylation sites (N-methyl/N-ethyl adjacent to an activating group) is 2. The van der Waals surface area contributed by atoms with E-state index in [9.17, 15) is 4.79 Å². The Balaban J connectivity index is 3.67. The normalized spacial score (nSPS) is 11.2. The monoisotopic (exact) mass is 244 g/mol. The SMILES string of the molecule is CN(C)CCN(C)CCC(=O)N(C)CCCN. The Labute approximate surface area is 106 Å². The zero-order valence-electron chi connectivity index (χ0n) is 11.8. The first-order valence-electron chi connectivity index (χ1n) is 6.24. The van der Waals surface area contributed by atoms with Gasteiger partial charge < -0.3 is 20.4 Å². The molecule has 0 bridgehead atoms. The molecule has 0 aliphatic rings. The molecule has 5 heteroatoms. The predicted octanol–water partition coefficient (Wildman–Crippen LogP) is -0.323. The van der Waals surface area contributed by atoms with Crippen LogP contribution in [-0.4, -0.2) is 81.5 Å². The van der Waals surface area contributed by atoms with Crippen LogP contribution in [0.5, 0.6) is 0 Å². The molecule has 2 N–H and O–H groups in total. The lowest BCUT2D eigenvalue weighted by Crippen LogP contribution is -2.34. The van der Waals surface area contributed by atoms with Crippen molar-refractivity contribution in [2.75, 3.05) is 60.9 Å². The van der Waals surface area contributed by atoms with Crippen LogP contribution in [0, 0.1) is 0 Å².